The zero-order valence-corrected chi connectivity index (χ0v) is 8.11. The van der Waals surface area contributed by atoms with Crippen molar-refractivity contribution in [2.75, 3.05) is 13.6 Å². The zero-order valence-electron chi connectivity index (χ0n) is 8.11. The molecule has 0 fully saturated rings. The topological polar surface area (TPSA) is 93.4 Å². The van der Waals surface area contributed by atoms with E-state index in [0.717, 1.165) is 6.07 Å². The Morgan fingerprint density at radius 2 is 2.13 bits per heavy atom. The highest BCUT2D eigenvalue weighted by atomic mass is 16.3. The van der Waals surface area contributed by atoms with Crippen LogP contribution in [-0.2, 0) is 0 Å². The summed E-state index contributed by atoms with van der Waals surface area (Å²) in [5.41, 5.74) is -0.00838. The van der Waals surface area contributed by atoms with Crippen molar-refractivity contribution >= 4 is 5.78 Å². The summed E-state index contributed by atoms with van der Waals surface area (Å²) < 4.78 is 0. The van der Waals surface area contributed by atoms with Gasteiger partial charge in [-0.05, 0) is 13.1 Å². The standard InChI is InChI=1S/C10H10N2O3/c1-12-5-10(15)7-2-6(4-11)8(13)3-9(7)14/h2-3,12-14H,5H2,1H3. The molecule has 0 aliphatic heterocycles. The number of carbonyl (C=O) groups excluding carboxylic acids is 1. The first-order valence-corrected chi connectivity index (χ1v) is 4.24. The minimum absolute atomic E-state index is 0.0266. The fraction of sp³-hybridized carbons (Fsp3) is 0.200. The van der Waals surface area contributed by atoms with Gasteiger partial charge in [-0.1, -0.05) is 0 Å². The van der Waals surface area contributed by atoms with Gasteiger partial charge in [0.15, 0.2) is 5.78 Å². The first kappa shape index (κ1) is 11.0. The lowest BCUT2D eigenvalue weighted by Crippen LogP contribution is -2.18. The largest absolute Gasteiger partial charge is 0.507 e. The monoisotopic (exact) mass is 206 g/mol. The van der Waals surface area contributed by atoms with Crippen molar-refractivity contribution in [3.63, 3.8) is 0 Å². The molecule has 0 heterocycles. The van der Waals surface area contributed by atoms with Gasteiger partial charge in [-0.2, -0.15) is 5.26 Å². The first-order chi connectivity index (χ1) is 7.10. The summed E-state index contributed by atoms with van der Waals surface area (Å²) in [5, 5.41) is 29.9. The molecule has 1 aromatic carbocycles. The van der Waals surface area contributed by atoms with E-state index in [1.165, 1.54) is 6.07 Å². The highest BCUT2D eigenvalue weighted by Crippen LogP contribution is 2.26. The van der Waals surface area contributed by atoms with E-state index < -0.39 is 0 Å². The van der Waals surface area contributed by atoms with Crippen LogP contribution in [0.1, 0.15) is 15.9 Å². The minimum Gasteiger partial charge on any atom is -0.507 e. The number of hydrogen-bond donors (Lipinski definition) is 3. The number of rotatable bonds is 3. The van der Waals surface area contributed by atoms with Crippen LogP contribution in [0.3, 0.4) is 0 Å². The fourth-order valence-electron chi connectivity index (χ4n) is 1.15. The second kappa shape index (κ2) is 4.44. The third kappa shape index (κ3) is 2.24. The van der Waals surface area contributed by atoms with Gasteiger partial charge in [0, 0.05) is 6.07 Å². The molecule has 5 nitrogen and oxygen atoms in total. The second-order valence-electron chi connectivity index (χ2n) is 2.95. The normalized spacial score (nSPS) is 9.60. The average molecular weight is 206 g/mol. The Morgan fingerprint density at radius 3 is 2.67 bits per heavy atom. The molecule has 0 spiro atoms. The molecule has 0 atom stereocenters. The SMILES string of the molecule is CNCC(=O)c1cc(C#N)c(O)cc1O. The smallest absolute Gasteiger partial charge is 0.180 e. The maximum absolute atomic E-state index is 11.4. The number of benzene rings is 1. The molecule has 0 aromatic heterocycles. The van der Waals surface area contributed by atoms with Gasteiger partial charge >= 0.3 is 0 Å². The van der Waals surface area contributed by atoms with Gasteiger partial charge in [0.2, 0.25) is 0 Å². The third-order valence-corrected chi connectivity index (χ3v) is 1.87. The van der Waals surface area contributed by atoms with Crippen molar-refractivity contribution in [1.82, 2.24) is 5.32 Å². The lowest BCUT2D eigenvalue weighted by atomic mass is 10.1. The fourth-order valence-corrected chi connectivity index (χ4v) is 1.15. The van der Waals surface area contributed by atoms with E-state index in [1.807, 2.05) is 0 Å². The van der Waals surface area contributed by atoms with E-state index in [9.17, 15) is 15.0 Å². The Morgan fingerprint density at radius 1 is 1.47 bits per heavy atom. The summed E-state index contributed by atoms with van der Waals surface area (Å²) in [7, 11) is 1.60. The lowest BCUT2D eigenvalue weighted by molar-refractivity contribution is 0.0991. The van der Waals surface area contributed by atoms with Gasteiger partial charge in [0.25, 0.3) is 0 Å². The third-order valence-electron chi connectivity index (χ3n) is 1.87. The number of Topliss-reactive ketones (excluding diaryl/α,β-unsaturated/α-hetero) is 1. The van der Waals surface area contributed by atoms with Crippen LogP contribution < -0.4 is 5.32 Å². The highest BCUT2D eigenvalue weighted by molar-refractivity contribution is 6.00. The number of hydrogen-bond acceptors (Lipinski definition) is 5. The molecule has 0 saturated carbocycles. The molecule has 0 bridgehead atoms. The number of nitriles is 1. The molecule has 0 aliphatic carbocycles. The number of aromatic hydroxyl groups is 2. The molecule has 0 amide bonds. The van der Waals surface area contributed by atoms with Crippen molar-refractivity contribution in [3.8, 4) is 17.6 Å². The number of phenolic OH excluding ortho intramolecular Hbond substituents is 2. The molecular weight excluding hydrogens is 196 g/mol. The first-order valence-electron chi connectivity index (χ1n) is 4.24. The van der Waals surface area contributed by atoms with E-state index in [2.05, 4.69) is 5.32 Å². The van der Waals surface area contributed by atoms with Gasteiger partial charge in [-0.25, -0.2) is 0 Å². The Balaban J connectivity index is 3.20. The molecule has 0 saturated heterocycles. The van der Waals surface area contributed by atoms with Gasteiger partial charge < -0.3 is 15.5 Å². The van der Waals surface area contributed by atoms with Gasteiger partial charge in [-0.15, -0.1) is 0 Å². The molecular formula is C10H10N2O3. The molecule has 15 heavy (non-hydrogen) atoms. The number of ketones is 1. The van der Waals surface area contributed by atoms with E-state index in [4.69, 9.17) is 5.26 Å². The Kier molecular flexibility index (Phi) is 3.26. The summed E-state index contributed by atoms with van der Waals surface area (Å²) in [4.78, 5) is 11.4. The van der Waals surface area contributed by atoms with Crippen LogP contribution in [0.4, 0.5) is 0 Å². The van der Waals surface area contributed by atoms with Crippen LogP contribution >= 0.6 is 0 Å². The van der Waals surface area contributed by atoms with Crippen LogP contribution in [-0.4, -0.2) is 29.6 Å². The minimum atomic E-state index is -0.341. The molecule has 0 unspecified atom stereocenters. The van der Waals surface area contributed by atoms with Crippen molar-refractivity contribution in [2.24, 2.45) is 0 Å². The van der Waals surface area contributed by atoms with E-state index >= 15 is 0 Å². The second-order valence-corrected chi connectivity index (χ2v) is 2.95. The zero-order chi connectivity index (χ0) is 11.4. The molecule has 5 heteroatoms. The Hall–Kier alpha value is -2.06. The number of carbonyl (C=O) groups is 1. The Bertz CT molecular complexity index is 435. The molecule has 0 radical (unpaired) electrons. The van der Waals surface area contributed by atoms with Crippen LogP contribution in [0.25, 0.3) is 0 Å². The van der Waals surface area contributed by atoms with Crippen molar-refractivity contribution in [1.29, 1.82) is 5.26 Å². The quantitative estimate of drug-likeness (QED) is 0.621. The maximum atomic E-state index is 11.4. The van der Waals surface area contributed by atoms with Crippen molar-refractivity contribution in [3.05, 3.63) is 23.3 Å². The molecule has 3 N–H and O–H groups in total. The molecule has 78 valence electrons. The summed E-state index contributed by atoms with van der Waals surface area (Å²) in [5.74, 6) is -1.01. The number of likely N-dealkylation sites (N-methyl/N-ethyl adjacent to an activating group) is 1. The Labute approximate surface area is 86.6 Å². The lowest BCUT2D eigenvalue weighted by Gasteiger charge is -2.05. The predicted molar refractivity (Wildman–Crippen MR) is 52.7 cm³/mol. The molecule has 1 rings (SSSR count). The van der Waals surface area contributed by atoms with E-state index in [1.54, 1.807) is 13.1 Å². The van der Waals surface area contributed by atoms with Crippen molar-refractivity contribution in [2.45, 2.75) is 0 Å². The average Bonchev–Trinajstić information content (AvgIpc) is 2.18. The summed E-state index contributed by atoms with van der Waals surface area (Å²) in [6.07, 6.45) is 0. The van der Waals surface area contributed by atoms with Gasteiger partial charge in [0.1, 0.15) is 17.6 Å². The number of nitrogens with zero attached hydrogens (tertiary/aromatic N) is 1. The van der Waals surface area contributed by atoms with E-state index in [-0.39, 0.29) is 35.0 Å². The van der Waals surface area contributed by atoms with Gasteiger partial charge in [-0.3, -0.25) is 4.79 Å². The molecule has 0 aliphatic rings. The number of nitrogens with one attached hydrogen (secondary N) is 1. The van der Waals surface area contributed by atoms with Gasteiger partial charge in [0.05, 0.1) is 17.7 Å². The van der Waals surface area contributed by atoms with Crippen molar-refractivity contribution < 1.29 is 15.0 Å². The number of phenols is 2. The summed E-state index contributed by atoms with van der Waals surface area (Å²) in [6, 6.07) is 3.88. The van der Waals surface area contributed by atoms with Crippen LogP contribution in [0.2, 0.25) is 0 Å². The van der Waals surface area contributed by atoms with Crippen LogP contribution in [0, 0.1) is 11.3 Å². The predicted octanol–water partition coefficient (Wildman–Crippen LogP) is 0.372. The van der Waals surface area contributed by atoms with E-state index in [0.29, 0.717) is 0 Å². The summed E-state index contributed by atoms with van der Waals surface area (Å²) in [6.45, 7) is 0.0587. The summed E-state index contributed by atoms with van der Waals surface area (Å²) >= 11 is 0. The van der Waals surface area contributed by atoms with Crippen LogP contribution in [0.5, 0.6) is 11.5 Å². The highest BCUT2D eigenvalue weighted by Gasteiger charge is 2.14. The van der Waals surface area contributed by atoms with Crippen LogP contribution in [0.15, 0.2) is 12.1 Å². The maximum Gasteiger partial charge on any atom is 0.180 e. The molecule has 1 aromatic rings.